The van der Waals surface area contributed by atoms with Crippen molar-refractivity contribution in [1.29, 1.82) is 0 Å². The molecule has 0 N–H and O–H groups in total. The number of rotatable bonds is 3. The molecule has 0 aromatic heterocycles. The van der Waals surface area contributed by atoms with Crippen molar-refractivity contribution in [3.05, 3.63) is 10.4 Å². The molecule has 0 aliphatic heterocycles. The molecule has 0 rings (SSSR count). The van der Waals surface area contributed by atoms with Crippen LogP contribution in [-0.4, -0.2) is 24.3 Å². The van der Waals surface area contributed by atoms with Gasteiger partial charge in [-0.1, -0.05) is 11.6 Å². The first kappa shape index (κ1) is 9.63. The van der Waals surface area contributed by atoms with Crippen LogP contribution in [0.4, 0.5) is 0 Å². The second kappa shape index (κ2) is 5.42. The fraction of sp³-hybridized carbons (Fsp3) is 0.600. The first-order valence-electron chi connectivity index (χ1n) is 2.43. The average Bonchev–Trinajstić information content (AvgIpc) is 1.83. The van der Waals surface area contributed by atoms with E-state index in [2.05, 4.69) is 0 Å². The van der Waals surface area contributed by atoms with Crippen molar-refractivity contribution in [1.82, 2.24) is 4.42 Å². The summed E-state index contributed by atoms with van der Waals surface area (Å²) in [5.41, 5.74) is 0. The molecule has 0 aliphatic rings. The van der Waals surface area contributed by atoms with E-state index in [0.717, 1.165) is 4.36 Å². The summed E-state index contributed by atoms with van der Waals surface area (Å²) in [5, 5.41) is 0. The van der Waals surface area contributed by atoms with Crippen LogP contribution in [-0.2, 0) is 0 Å². The molecular weight excluding hydrogens is 177 g/mol. The monoisotopic (exact) mass is 185 g/mol. The molecule has 0 radical (unpaired) electrons. The van der Waals surface area contributed by atoms with Gasteiger partial charge in [0.25, 0.3) is 0 Å². The minimum atomic E-state index is 0.682. The average molecular weight is 186 g/mol. The summed E-state index contributed by atoms with van der Waals surface area (Å²) in [6, 6.07) is 0. The Labute approximate surface area is 70.1 Å². The van der Waals surface area contributed by atoms with Crippen molar-refractivity contribution in [3.63, 3.8) is 0 Å². The highest BCUT2D eigenvalue weighted by Gasteiger charge is 1.89. The van der Waals surface area contributed by atoms with Gasteiger partial charge in [0.05, 0.1) is 4.36 Å². The van der Waals surface area contributed by atoms with Gasteiger partial charge in [0.1, 0.15) is 0 Å². The molecular formula is C5H9Cl2NS. The molecule has 4 heteroatoms. The van der Waals surface area contributed by atoms with Gasteiger partial charge in [-0.15, -0.1) is 11.8 Å². The highest BCUT2D eigenvalue weighted by Crippen LogP contribution is 2.15. The molecule has 0 aromatic carbocycles. The number of hydrogen-bond donors (Lipinski definition) is 0. The first-order valence-corrected chi connectivity index (χ1v) is 4.37. The van der Waals surface area contributed by atoms with Gasteiger partial charge in [0.2, 0.25) is 0 Å². The van der Waals surface area contributed by atoms with Gasteiger partial charge in [0, 0.05) is 13.6 Å². The van der Waals surface area contributed by atoms with Crippen molar-refractivity contribution < 1.29 is 0 Å². The maximum Gasteiger partial charge on any atom is 0.0705 e. The third-order valence-electron chi connectivity index (χ3n) is 0.698. The van der Waals surface area contributed by atoms with Crippen LogP contribution in [0.2, 0.25) is 0 Å². The van der Waals surface area contributed by atoms with Gasteiger partial charge >= 0.3 is 0 Å². The molecule has 0 aliphatic carbocycles. The van der Waals surface area contributed by atoms with Crippen LogP contribution in [0.1, 0.15) is 0 Å². The maximum atomic E-state index is 5.65. The number of hydrogen-bond acceptors (Lipinski definition) is 2. The van der Waals surface area contributed by atoms with Crippen molar-refractivity contribution in [2.45, 2.75) is 0 Å². The van der Waals surface area contributed by atoms with Crippen LogP contribution in [0.25, 0.3) is 0 Å². The van der Waals surface area contributed by atoms with Crippen molar-refractivity contribution in [3.8, 4) is 0 Å². The molecule has 0 bridgehead atoms. The van der Waals surface area contributed by atoms with E-state index >= 15 is 0 Å². The Morgan fingerprint density at radius 1 is 1.78 bits per heavy atom. The highest BCUT2D eigenvalue weighted by atomic mass is 35.5. The lowest BCUT2D eigenvalue weighted by Gasteiger charge is -2.00. The Morgan fingerprint density at radius 2 is 2.33 bits per heavy atom. The Bertz CT molecular complexity index is 103. The summed E-state index contributed by atoms with van der Waals surface area (Å²) in [5.74, 6) is 0. The van der Waals surface area contributed by atoms with Gasteiger partial charge in [-0.05, 0) is 24.1 Å². The van der Waals surface area contributed by atoms with Crippen LogP contribution >= 0.6 is 35.1 Å². The minimum Gasteiger partial charge on any atom is -0.219 e. The standard InChI is InChI=1S/C5H9Cl2NS/c1-8(7)4-3-5(6)9-2/h3H,4H2,1-2H3/b5-3-. The van der Waals surface area contributed by atoms with Crippen LogP contribution in [0.15, 0.2) is 10.4 Å². The molecule has 54 valence electrons. The van der Waals surface area contributed by atoms with Crippen molar-refractivity contribution in [2.24, 2.45) is 0 Å². The van der Waals surface area contributed by atoms with Crippen molar-refractivity contribution >= 4 is 35.1 Å². The summed E-state index contributed by atoms with van der Waals surface area (Å²) >= 11 is 12.7. The predicted molar refractivity (Wildman–Crippen MR) is 45.9 cm³/mol. The zero-order valence-corrected chi connectivity index (χ0v) is 7.72. The fourth-order valence-electron chi connectivity index (χ4n) is 0.281. The fourth-order valence-corrected chi connectivity index (χ4v) is 0.660. The topological polar surface area (TPSA) is 3.24 Å². The van der Waals surface area contributed by atoms with E-state index in [0.29, 0.717) is 6.54 Å². The summed E-state index contributed by atoms with van der Waals surface area (Å²) in [6.07, 6.45) is 3.78. The lowest BCUT2D eigenvalue weighted by atomic mass is 10.6. The predicted octanol–water partition coefficient (Wildman–Crippen LogP) is 2.52. The lowest BCUT2D eigenvalue weighted by Crippen LogP contribution is -2.02. The zero-order chi connectivity index (χ0) is 7.28. The van der Waals surface area contributed by atoms with Crippen LogP contribution < -0.4 is 0 Å². The summed E-state index contributed by atoms with van der Waals surface area (Å²) < 4.78 is 2.32. The van der Waals surface area contributed by atoms with E-state index in [1.165, 1.54) is 11.8 Å². The Kier molecular flexibility index (Phi) is 5.80. The van der Waals surface area contributed by atoms with Crippen LogP contribution in [0, 0.1) is 0 Å². The highest BCUT2D eigenvalue weighted by molar-refractivity contribution is 8.03. The molecule has 1 nitrogen and oxygen atoms in total. The summed E-state index contributed by atoms with van der Waals surface area (Å²) in [7, 11) is 1.78. The molecule has 0 saturated heterocycles. The quantitative estimate of drug-likeness (QED) is 0.623. The summed E-state index contributed by atoms with van der Waals surface area (Å²) in [4.78, 5) is 0. The number of nitrogens with zero attached hydrogens (tertiary/aromatic N) is 1. The van der Waals surface area contributed by atoms with Gasteiger partial charge in [-0.2, -0.15) is 0 Å². The molecule has 0 atom stereocenters. The van der Waals surface area contributed by atoms with Crippen molar-refractivity contribution in [2.75, 3.05) is 19.8 Å². The second-order valence-corrected chi connectivity index (χ2v) is 3.56. The van der Waals surface area contributed by atoms with E-state index in [-0.39, 0.29) is 0 Å². The number of halogens is 2. The molecule has 0 unspecified atom stereocenters. The minimum absolute atomic E-state index is 0.682. The zero-order valence-electron chi connectivity index (χ0n) is 5.40. The normalized spacial score (nSPS) is 12.8. The van der Waals surface area contributed by atoms with Gasteiger partial charge in [-0.3, -0.25) is 0 Å². The Morgan fingerprint density at radius 3 is 2.67 bits per heavy atom. The number of likely N-dealkylation sites (N-methyl/N-ethyl adjacent to an activating group) is 1. The maximum absolute atomic E-state index is 5.65. The van der Waals surface area contributed by atoms with Gasteiger partial charge in [0.15, 0.2) is 0 Å². The van der Waals surface area contributed by atoms with E-state index in [9.17, 15) is 0 Å². The van der Waals surface area contributed by atoms with Crippen LogP contribution in [0.5, 0.6) is 0 Å². The molecule has 9 heavy (non-hydrogen) atoms. The third-order valence-corrected chi connectivity index (χ3v) is 2.01. The molecule has 0 heterocycles. The number of thioether (sulfide) groups is 1. The van der Waals surface area contributed by atoms with E-state index in [1.54, 1.807) is 11.5 Å². The van der Waals surface area contributed by atoms with E-state index < -0.39 is 0 Å². The second-order valence-electron chi connectivity index (χ2n) is 1.50. The first-order chi connectivity index (χ1) is 4.16. The summed E-state index contributed by atoms with van der Waals surface area (Å²) in [6.45, 7) is 0.682. The lowest BCUT2D eigenvalue weighted by molar-refractivity contribution is 0.616. The molecule has 0 aromatic rings. The molecule has 0 fully saturated rings. The SMILES string of the molecule is CS/C(Cl)=C\CN(C)Cl. The largest absolute Gasteiger partial charge is 0.219 e. The third kappa shape index (κ3) is 6.52. The molecule has 0 amide bonds. The Hall–Kier alpha value is 0.630. The van der Waals surface area contributed by atoms with E-state index in [4.69, 9.17) is 23.4 Å². The Balaban J connectivity index is 3.43. The van der Waals surface area contributed by atoms with E-state index in [1.807, 2.05) is 12.3 Å². The van der Waals surface area contributed by atoms with Gasteiger partial charge in [-0.25, -0.2) is 4.42 Å². The molecule has 0 saturated carbocycles. The smallest absolute Gasteiger partial charge is 0.0705 e. The molecule has 0 spiro atoms. The van der Waals surface area contributed by atoms with Gasteiger partial charge < -0.3 is 0 Å². The van der Waals surface area contributed by atoms with Crippen LogP contribution in [0.3, 0.4) is 0 Å².